The van der Waals surface area contributed by atoms with Crippen molar-refractivity contribution in [3.63, 3.8) is 0 Å². The van der Waals surface area contributed by atoms with Crippen molar-refractivity contribution in [1.82, 2.24) is 0 Å². The van der Waals surface area contributed by atoms with Gasteiger partial charge in [-0.3, -0.25) is 4.79 Å². The molecule has 2 aromatic carbocycles. The normalized spacial score (nSPS) is 15.4. The molecule has 2 aliphatic rings. The minimum absolute atomic E-state index is 0.0623. The highest BCUT2D eigenvalue weighted by molar-refractivity contribution is 6.00. The molecule has 0 unspecified atom stereocenters. The van der Waals surface area contributed by atoms with Crippen LogP contribution < -0.4 is 20.2 Å². The summed E-state index contributed by atoms with van der Waals surface area (Å²) in [4.78, 5) is 30.1. The molecule has 0 bridgehead atoms. The van der Waals surface area contributed by atoms with Gasteiger partial charge >= 0.3 is 5.63 Å². The topological polar surface area (TPSA) is 63.0 Å². The molecule has 5 rings (SSSR count). The van der Waals surface area contributed by atoms with E-state index >= 15 is 0 Å². The highest BCUT2D eigenvalue weighted by atomic mass is 16.5. The Bertz CT molecular complexity index is 1220. The fraction of sp³-hybridized carbons (Fsp3) is 0.385. The van der Waals surface area contributed by atoms with Crippen molar-refractivity contribution >= 4 is 28.3 Å². The second-order valence-electron chi connectivity index (χ2n) is 8.53. The lowest BCUT2D eigenvalue weighted by molar-refractivity contribution is -0.117. The number of benzene rings is 2. The molecule has 0 saturated carbocycles. The SMILES string of the molecule is CCCOc1ccc2oc(=O)c3c(c2c1)CCCN3C(=O)CN1CCCc2ccccc21. The predicted molar refractivity (Wildman–Crippen MR) is 126 cm³/mol. The Balaban J connectivity index is 1.48. The minimum atomic E-state index is -0.443. The number of amides is 1. The van der Waals surface area contributed by atoms with E-state index in [0.717, 1.165) is 61.0 Å². The van der Waals surface area contributed by atoms with Crippen molar-refractivity contribution in [3.05, 3.63) is 64.0 Å². The largest absolute Gasteiger partial charge is 0.494 e. The summed E-state index contributed by atoms with van der Waals surface area (Å²) in [5.74, 6) is 0.691. The van der Waals surface area contributed by atoms with Crippen LogP contribution in [0.5, 0.6) is 5.75 Å². The molecule has 3 aromatic rings. The van der Waals surface area contributed by atoms with Gasteiger partial charge in [-0.25, -0.2) is 4.79 Å². The van der Waals surface area contributed by atoms with Crippen molar-refractivity contribution in [3.8, 4) is 5.75 Å². The molecule has 0 spiro atoms. The maximum atomic E-state index is 13.4. The van der Waals surface area contributed by atoms with Gasteiger partial charge in [0, 0.05) is 24.2 Å². The number of rotatable bonds is 5. The summed E-state index contributed by atoms with van der Waals surface area (Å²) in [6.07, 6.45) is 4.53. The van der Waals surface area contributed by atoms with Crippen molar-refractivity contribution in [2.45, 2.75) is 39.0 Å². The number of ether oxygens (including phenoxy) is 1. The molecule has 1 amide bonds. The van der Waals surface area contributed by atoms with Gasteiger partial charge in [-0.15, -0.1) is 0 Å². The third-order valence-electron chi connectivity index (χ3n) is 6.34. The summed E-state index contributed by atoms with van der Waals surface area (Å²) in [5, 5.41) is 0.856. The number of hydrogen-bond acceptors (Lipinski definition) is 5. The lowest BCUT2D eigenvalue weighted by Gasteiger charge is -2.34. The second kappa shape index (κ2) is 8.69. The van der Waals surface area contributed by atoms with Gasteiger partial charge in [0.1, 0.15) is 17.0 Å². The van der Waals surface area contributed by atoms with Crippen LogP contribution in [0.2, 0.25) is 0 Å². The predicted octanol–water partition coefficient (Wildman–Crippen LogP) is 4.31. The first-order valence-electron chi connectivity index (χ1n) is 11.5. The number of carbonyl (C=O) groups is 1. The van der Waals surface area contributed by atoms with E-state index < -0.39 is 5.63 Å². The molecule has 0 N–H and O–H groups in total. The summed E-state index contributed by atoms with van der Waals surface area (Å²) in [5.41, 5.74) is 3.77. The van der Waals surface area contributed by atoms with E-state index in [1.165, 1.54) is 5.56 Å². The molecule has 3 heterocycles. The molecule has 0 atom stereocenters. The zero-order valence-electron chi connectivity index (χ0n) is 18.4. The van der Waals surface area contributed by atoms with Crippen molar-refractivity contribution in [2.24, 2.45) is 0 Å². The van der Waals surface area contributed by atoms with Gasteiger partial charge in [0.25, 0.3) is 0 Å². The molecular weight excluding hydrogens is 404 g/mol. The number of fused-ring (bicyclic) bond motifs is 4. The summed E-state index contributed by atoms with van der Waals surface area (Å²) in [6.45, 7) is 4.32. The Morgan fingerprint density at radius 1 is 1.09 bits per heavy atom. The third kappa shape index (κ3) is 3.74. The molecular formula is C26H28N2O4. The van der Waals surface area contributed by atoms with Crippen LogP contribution >= 0.6 is 0 Å². The van der Waals surface area contributed by atoms with Gasteiger partial charge in [0.2, 0.25) is 5.91 Å². The number of para-hydroxylation sites is 1. The average molecular weight is 433 g/mol. The number of nitrogens with zero attached hydrogens (tertiary/aromatic N) is 2. The lowest BCUT2D eigenvalue weighted by atomic mass is 9.98. The number of anilines is 2. The van der Waals surface area contributed by atoms with Gasteiger partial charge in [-0.1, -0.05) is 25.1 Å². The molecule has 166 valence electrons. The van der Waals surface area contributed by atoms with E-state index in [4.69, 9.17) is 9.15 Å². The van der Waals surface area contributed by atoms with Gasteiger partial charge in [0.05, 0.1) is 13.2 Å². The minimum Gasteiger partial charge on any atom is -0.494 e. The van der Waals surface area contributed by atoms with Crippen LogP contribution in [0.3, 0.4) is 0 Å². The molecule has 0 saturated heterocycles. The van der Waals surface area contributed by atoms with Crippen LogP contribution in [0.25, 0.3) is 11.0 Å². The zero-order chi connectivity index (χ0) is 22.1. The number of aryl methyl sites for hydroxylation is 2. The van der Waals surface area contributed by atoms with Crippen LogP contribution in [0, 0.1) is 0 Å². The van der Waals surface area contributed by atoms with Gasteiger partial charge < -0.3 is 19.0 Å². The smallest absolute Gasteiger partial charge is 0.360 e. The van der Waals surface area contributed by atoms with Crippen LogP contribution in [0.4, 0.5) is 11.4 Å². The van der Waals surface area contributed by atoms with E-state index in [2.05, 4.69) is 24.0 Å². The van der Waals surface area contributed by atoms with Crippen LogP contribution in [0.15, 0.2) is 51.7 Å². The second-order valence-corrected chi connectivity index (χ2v) is 8.53. The maximum Gasteiger partial charge on any atom is 0.360 e. The Morgan fingerprint density at radius 2 is 1.94 bits per heavy atom. The maximum absolute atomic E-state index is 13.4. The first-order chi connectivity index (χ1) is 15.7. The van der Waals surface area contributed by atoms with Crippen molar-refractivity contribution in [2.75, 3.05) is 36.0 Å². The summed E-state index contributed by atoms with van der Waals surface area (Å²) in [7, 11) is 0. The first kappa shape index (κ1) is 20.6. The van der Waals surface area contributed by atoms with Gasteiger partial charge in [-0.05, 0) is 67.5 Å². The van der Waals surface area contributed by atoms with E-state index in [9.17, 15) is 9.59 Å². The highest BCUT2D eigenvalue weighted by Gasteiger charge is 2.30. The summed E-state index contributed by atoms with van der Waals surface area (Å²) in [6, 6.07) is 13.8. The monoisotopic (exact) mass is 432 g/mol. The Morgan fingerprint density at radius 3 is 2.81 bits per heavy atom. The molecule has 0 fully saturated rings. The number of hydrogen-bond donors (Lipinski definition) is 0. The molecule has 6 heteroatoms. The molecule has 1 aromatic heterocycles. The fourth-order valence-corrected chi connectivity index (χ4v) is 4.87. The number of carbonyl (C=O) groups excluding carboxylic acids is 1. The average Bonchev–Trinajstić information content (AvgIpc) is 2.83. The van der Waals surface area contributed by atoms with Gasteiger partial charge in [0.15, 0.2) is 0 Å². The van der Waals surface area contributed by atoms with Crippen LogP contribution in [0.1, 0.15) is 37.3 Å². The molecule has 32 heavy (non-hydrogen) atoms. The Labute approximate surface area is 187 Å². The standard InChI is InChI=1S/C26H28N2O4/c1-2-15-31-19-11-12-23-21(16-19)20-9-6-14-28(25(20)26(30)32-23)24(29)17-27-13-5-8-18-7-3-4-10-22(18)27/h3-4,7,10-12,16H,2,5-6,8-9,13-15,17H2,1H3. The summed E-state index contributed by atoms with van der Waals surface area (Å²) >= 11 is 0. The van der Waals surface area contributed by atoms with E-state index in [-0.39, 0.29) is 12.5 Å². The van der Waals surface area contributed by atoms with Crippen molar-refractivity contribution < 1.29 is 13.9 Å². The zero-order valence-corrected chi connectivity index (χ0v) is 18.4. The quantitative estimate of drug-likeness (QED) is 0.562. The van der Waals surface area contributed by atoms with E-state index in [0.29, 0.717) is 24.4 Å². The molecule has 0 aliphatic carbocycles. The molecule has 2 aliphatic heterocycles. The molecule has 6 nitrogen and oxygen atoms in total. The van der Waals surface area contributed by atoms with Crippen LogP contribution in [-0.4, -0.2) is 32.1 Å². The van der Waals surface area contributed by atoms with E-state index in [1.54, 1.807) is 11.0 Å². The van der Waals surface area contributed by atoms with Crippen molar-refractivity contribution in [1.29, 1.82) is 0 Å². The Kier molecular flexibility index (Phi) is 5.60. The van der Waals surface area contributed by atoms with E-state index in [1.807, 2.05) is 24.3 Å². The lowest BCUT2D eigenvalue weighted by Crippen LogP contribution is -2.46. The Hall–Kier alpha value is -3.28. The fourth-order valence-electron chi connectivity index (χ4n) is 4.87. The first-order valence-corrected chi connectivity index (χ1v) is 11.5. The highest BCUT2D eigenvalue weighted by Crippen LogP contribution is 2.33. The van der Waals surface area contributed by atoms with Gasteiger partial charge in [-0.2, -0.15) is 0 Å². The molecule has 0 radical (unpaired) electrons. The van der Waals surface area contributed by atoms with Crippen LogP contribution in [-0.2, 0) is 17.6 Å². The third-order valence-corrected chi connectivity index (χ3v) is 6.34. The summed E-state index contributed by atoms with van der Waals surface area (Å²) < 4.78 is 11.4.